The molecule has 0 aliphatic rings. The molecule has 2 N–H and O–H groups in total. The molecule has 21 heavy (non-hydrogen) atoms. The Hall–Kier alpha value is -2.41. The molecule has 0 saturated carbocycles. The highest BCUT2D eigenvalue weighted by molar-refractivity contribution is 5.95. The Bertz CT molecular complexity index is 518. The minimum Gasteiger partial charge on any atom is -0.427 e. The Morgan fingerprint density at radius 2 is 1.57 bits per heavy atom. The molecular formula is C14H17NO6. The minimum atomic E-state index is -0.696. The fourth-order valence-corrected chi connectivity index (χ4v) is 1.50. The predicted molar refractivity (Wildman–Crippen MR) is 73.1 cm³/mol. The molecule has 0 radical (unpaired) electrons. The zero-order chi connectivity index (χ0) is 16.0. The first-order chi connectivity index (χ1) is 9.77. The van der Waals surface area contributed by atoms with E-state index >= 15 is 0 Å². The normalized spacial score (nSPS) is 11.4. The molecule has 1 rings (SSSR count). The number of aliphatic hydroxyl groups excluding tert-OH is 1. The fourth-order valence-electron chi connectivity index (χ4n) is 1.50. The van der Waals surface area contributed by atoms with Crippen LogP contribution in [0.5, 0.6) is 11.5 Å². The first-order valence-electron chi connectivity index (χ1n) is 6.26. The van der Waals surface area contributed by atoms with Gasteiger partial charge in [0.2, 0.25) is 0 Å². The number of nitrogens with one attached hydrogen (secondary N) is 1. The smallest absolute Gasteiger partial charge is 0.308 e. The van der Waals surface area contributed by atoms with Crippen LogP contribution >= 0.6 is 0 Å². The molecule has 0 spiro atoms. The van der Waals surface area contributed by atoms with Crippen LogP contribution < -0.4 is 14.8 Å². The van der Waals surface area contributed by atoms with Crippen molar-refractivity contribution in [3.05, 3.63) is 23.8 Å². The van der Waals surface area contributed by atoms with Crippen LogP contribution in [0.2, 0.25) is 0 Å². The number of carbonyl (C=O) groups excluding carboxylic acids is 3. The van der Waals surface area contributed by atoms with Gasteiger partial charge < -0.3 is 19.9 Å². The van der Waals surface area contributed by atoms with E-state index in [1.807, 2.05) is 0 Å². The highest BCUT2D eigenvalue weighted by atomic mass is 16.5. The van der Waals surface area contributed by atoms with Gasteiger partial charge in [-0.15, -0.1) is 0 Å². The molecule has 0 aromatic heterocycles. The number of rotatable bonds is 5. The van der Waals surface area contributed by atoms with Gasteiger partial charge in [0, 0.05) is 32.0 Å². The molecule has 0 saturated heterocycles. The van der Waals surface area contributed by atoms with Crippen molar-refractivity contribution >= 4 is 17.8 Å². The predicted octanol–water partition coefficient (Wildman–Crippen LogP) is 0.648. The number of amides is 1. The summed E-state index contributed by atoms with van der Waals surface area (Å²) in [7, 11) is 0. The summed E-state index contributed by atoms with van der Waals surface area (Å²) >= 11 is 0. The Kier molecular flexibility index (Phi) is 5.86. The molecule has 0 fully saturated rings. The third-order valence-electron chi connectivity index (χ3n) is 2.22. The van der Waals surface area contributed by atoms with Gasteiger partial charge in [0.15, 0.2) is 0 Å². The molecule has 7 nitrogen and oxygen atoms in total. The van der Waals surface area contributed by atoms with Gasteiger partial charge in [0.05, 0.1) is 6.10 Å². The second kappa shape index (κ2) is 7.39. The Balaban J connectivity index is 3.02. The van der Waals surface area contributed by atoms with Gasteiger partial charge in [-0.3, -0.25) is 14.4 Å². The van der Waals surface area contributed by atoms with Crippen LogP contribution in [0, 0.1) is 0 Å². The van der Waals surface area contributed by atoms with Crippen molar-refractivity contribution in [2.24, 2.45) is 0 Å². The standard InChI is InChI=1S/C14H17NO6/c1-8(16)7-15-14(19)11-4-12(20-9(2)17)6-13(5-11)21-10(3)18/h4-6,8,16H,7H2,1-3H3,(H,15,19). The lowest BCUT2D eigenvalue weighted by Crippen LogP contribution is -2.30. The van der Waals surface area contributed by atoms with Crippen LogP contribution in [-0.4, -0.2) is 35.6 Å². The Labute approximate surface area is 121 Å². The van der Waals surface area contributed by atoms with Gasteiger partial charge in [-0.05, 0) is 19.1 Å². The molecule has 114 valence electrons. The van der Waals surface area contributed by atoms with Crippen molar-refractivity contribution < 1.29 is 29.0 Å². The molecule has 7 heteroatoms. The lowest BCUT2D eigenvalue weighted by molar-refractivity contribution is -0.132. The largest absolute Gasteiger partial charge is 0.427 e. The van der Waals surface area contributed by atoms with Crippen LogP contribution in [0.4, 0.5) is 0 Å². The minimum absolute atomic E-state index is 0.0690. The summed E-state index contributed by atoms with van der Waals surface area (Å²) < 4.78 is 9.79. The van der Waals surface area contributed by atoms with Gasteiger partial charge in [-0.2, -0.15) is 0 Å². The maximum Gasteiger partial charge on any atom is 0.308 e. The van der Waals surface area contributed by atoms with E-state index in [0.717, 1.165) is 0 Å². The van der Waals surface area contributed by atoms with Gasteiger partial charge in [-0.25, -0.2) is 0 Å². The molecule has 1 aromatic rings. The van der Waals surface area contributed by atoms with E-state index in [1.165, 1.54) is 39.0 Å². The monoisotopic (exact) mass is 295 g/mol. The first-order valence-corrected chi connectivity index (χ1v) is 6.26. The number of hydrogen-bond donors (Lipinski definition) is 2. The van der Waals surface area contributed by atoms with E-state index in [2.05, 4.69) is 5.32 Å². The van der Waals surface area contributed by atoms with Crippen molar-refractivity contribution in [3.63, 3.8) is 0 Å². The summed E-state index contributed by atoms with van der Waals surface area (Å²) in [6, 6.07) is 4.01. The quantitative estimate of drug-likeness (QED) is 0.611. The third-order valence-corrected chi connectivity index (χ3v) is 2.22. The SMILES string of the molecule is CC(=O)Oc1cc(OC(C)=O)cc(C(=O)NCC(C)O)c1. The van der Waals surface area contributed by atoms with E-state index in [0.29, 0.717) is 0 Å². The summed E-state index contributed by atoms with van der Waals surface area (Å²) in [4.78, 5) is 33.9. The highest BCUT2D eigenvalue weighted by Gasteiger charge is 2.13. The van der Waals surface area contributed by atoms with E-state index < -0.39 is 23.9 Å². The van der Waals surface area contributed by atoms with E-state index in [1.54, 1.807) is 0 Å². The molecule has 1 amide bonds. The number of ether oxygens (including phenoxy) is 2. The third kappa shape index (κ3) is 6.05. The molecule has 0 aliphatic heterocycles. The molecule has 1 atom stereocenters. The number of carbonyl (C=O) groups is 3. The number of aliphatic hydroxyl groups is 1. The van der Waals surface area contributed by atoms with Gasteiger partial charge in [0.25, 0.3) is 5.91 Å². The number of esters is 2. The van der Waals surface area contributed by atoms with E-state index in [4.69, 9.17) is 14.6 Å². The molecule has 1 unspecified atom stereocenters. The topological polar surface area (TPSA) is 102 Å². The number of benzene rings is 1. The Morgan fingerprint density at radius 1 is 1.10 bits per heavy atom. The van der Waals surface area contributed by atoms with Gasteiger partial charge >= 0.3 is 11.9 Å². The summed E-state index contributed by atoms with van der Waals surface area (Å²) in [6.07, 6.45) is -0.696. The average Bonchev–Trinajstić information content (AvgIpc) is 2.33. The van der Waals surface area contributed by atoms with Crippen molar-refractivity contribution in [1.82, 2.24) is 5.32 Å². The maximum atomic E-state index is 11.9. The lowest BCUT2D eigenvalue weighted by Gasteiger charge is -2.10. The van der Waals surface area contributed by atoms with Crippen molar-refractivity contribution in [1.29, 1.82) is 0 Å². The van der Waals surface area contributed by atoms with Crippen molar-refractivity contribution in [3.8, 4) is 11.5 Å². The van der Waals surface area contributed by atoms with Gasteiger partial charge in [-0.1, -0.05) is 0 Å². The summed E-state index contributed by atoms with van der Waals surface area (Å²) in [5.41, 5.74) is 0.144. The second-order valence-corrected chi connectivity index (χ2v) is 4.44. The van der Waals surface area contributed by atoms with Crippen LogP contribution in [-0.2, 0) is 9.59 Å². The molecule has 0 aliphatic carbocycles. The summed E-state index contributed by atoms with van der Waals surface area (Å²) in [5, 5.41) is 11.6. The Morgan fingerprint density at radius 3 is 1.95 bits per heavy atom. The van der Waals surface area contributed by atoms with Crippen LogP contribution in [0.15, 0.2) is 18.2 Å². The maximum absolute atomic E-state index is 11.9. The molecule has 0 heterocycles. The highest BCUT2D eigenvalue weighted by Crippen LogP contribution is 2.23. The van der Waals surface area contributed by atoms with E-state index in [9.17, 15) is 14.4 Å². The summed E-state index contributed by atoms with van der Waals surface area (Å²) in [5.74, 6) is -1.44. The molecule has 0 bridgehead atoms. The lowest BCUT2D eigenvalue weighted by atomic mass is 10.2. The van der Waals surface area contributed by atoms with Crippen LogP contribution in [0.25, 0.3) is 0 Å². The average molecular weight is 295 g/mol. The van der Waals surface area contributed by atoms with E-state index in [-0.39, 0.29) is 23.6 Å². The number of hydrogen-bond acceptors (Lipinski definition) is 6. The van der Waals surface area contributed by atoms with Crippen LogP contribution in [0.3, 0.4) is 0 Å². The second-order valence-electron chi connectivity index (χ2n) is 4.44. The first kappa shape index (κ1) is 16.6. The summed E-state index contributed by atoms with van der Waals surface area (Å²) in [6.45, 7) is 4.02. The zero-order valence-corrected chi connectivity index (χ0v) is 12.0. The fraction of sp³-hybridized carbons (Fsp3) is 0.357. The zero-order valence-electron chi connectivity index (χ0n) is 12.0. The molecule has 1 aromatic carbocycles. The van der Waals surface area contributed by atoms with Crippen molar-refractivity contribution in [2.75, 3.05) is 6.54 Å². The molecular weight excluding hydrogens is 278 g/mol. The van der Waals surface area contributed by atoms with Crippen LogP contribution in [0.1, 0.15) is 31.1 Å². The van der Waals surface area contributed by atoms with Gasteiger partial charge in [0.1, 0.15) is 11.5 Å². The van der Waals surface area contributed by atoms with Crippen molar-refractivity contribution in [2.45, 2.75) is 26.9 Å².